The van der Waals surface area contributed by atoms with Crippen LogP contribution in [0.25, 0.3) is 0 Å². The SMILES string of the molecule is COc1cccc(N(CC(=O)N(Cc2ccc(Br)cc2)[C@@H](Cc2ccccc2)C(=O)NC2CCCC2)S(=O)(=O)c2ccccc2)c1. The average Bonchev–Trinajstić information content (AvgIpc) is 3.59. The zero-order valence-electron chi connectivity index (χ0n) is 25.7. The van der Waals surface area contributed by atoms with E-state index >= 15 is 0 Å². The zero-order chi connectivity index (χ0) is 32.5. The number of ether oxygens (including phenoxy) is 1. The van der Waals surface area contributed by atoms with Crippen LogP contribution in [-0.4, -0.2) is 50.9 Å². The minimum atomic E-state index is -4.19. The lowest BCUT2D eigenvalue weighted by Crippen LogP contribution is -2.54. The topological polar surface area (TPSA) is 96.0 Å². The largest absolute Gasteiger partial charge is 0.497 e. The van der Waals surface area contributed by atoms with Crippen LogP contribution in [0, 0.1) is 0 Å². The lowest BCUT2D eigenvalue weighted by atomic mass is 10.0. The van der Waals surface area contributed by atoms with Crippen molar-refractivity contribution in [1.82, 2.24) is 10.2 Å². The van der Waals surface area contributed by atoms with Crippen molar-refractivity contribution >= 4 is 43.5 Å². The molecule has 0 heterocycles. The first-order valence-electron chi connectivity index (χ1n) is 15.3. The molecule has 4 aromatic rings. The molecule has 1 fully saturated rings. The first-order chi connectivity index (χ1) is 22.2. The summed E-state index contributed by atoms with van der Waals surface area (Å²) in [5.74, 6) is -0.310. The standard InChI is InChI=1S/C36H38BrN3O5S/c1-45-32-16-10-15-31(24-32)40(46(43,44)33-17-6-3-7-18-33)26-35(41)39(25-28-19-21-29(37)22-20-28)34(23-27-11-4-2-5-12-27)36(42)38-30-13-8-9-14-30/h2-7,10-12,15-22,24,30,34H,8-9,13-14,23,25-26H2,1H3,(H,38,42)/t34-/m0/s1. The summed E-state index contributed by atoms with van der Waals surface area (Å²) < 4.78 is 35.6. The number of carbonyl (C=O) groups is 2. The van der Waals surface area contributed by atoms with Gasteiger partial charge in [0.05, 0.1) is 17.7 Å². The van der Waals surface area contributed by atoms with E-state index in [2.05, 4.69) is 21.2 Å². The van der Waals surface area contributed by atoms with Crippen molar-refractivity contribution in [2.45, 2.75) is 55.6 Å². The van der Waals surface area contributed by atoms with Gasteiger partial charge in [0.25, 0.3) is 10.0 Å². The first kappa shape index (κ1) is 33.2. The quantitative estimate of drug-likeness (QED) is 0.175. The van der Waals surface area contributed by atoms with Gasteiger partial charge in [-0.25, -0.2) is 8.42 Å². The van der Waals surface area contributed by atoms with E-state index in [0.717, 1.165) is 45.6 Å². The highest BCUT2D eigenvalue weighted by Crippen LogP contribution is 2.28. The second-order valence-electron chi connectivity index (χ2n) is 11.4. The number of rotatable bonds is 13. The van der Waals surface area contributed by atoms with E-state index in [1.165, 1.54) is 24.1 Å². The molecule has 0 unspecified atom stereocenters. The maximum atomic E-state index is 14.6. The molecule has 0 spiro atoms. The van der Waals surface area contributed by atoms with Gasteiger partial charge < -0.3 is 15.0 Å². The third-order valence-electron chi connectivity index (χ3n) is 8.19. The molecule has 8 nitrogen and oxygen atoms in total. The van der Waals surface area contributed by atoms with Crippen LogP contribution in [0.2, 0.25) is 0 Å². The Bertz CT molecular complexity index is 1710. The lowest BCUT2D eigenvalue weighted by Gasteiger charge is -2.34. The Morgan fingerprint density at radius 1 is 0.870 bits per heavy atom. The summed E-state index contributed by atoms with van der Waals surface area (Å²) in [7, 11) is -2.69. The molecule has 2 amide bonds. The Labute approximate surface area is 279 Å². The minimum Gasteiger partial charge on any atom is -0.497 e. The molecule has 1 atom stereocenters. The number of hydrogen-bond donors (Lipinski definition) is 1. The van der Waals surface area contributed by atoms with Gasteiger partial charge in [-0.2, -0.15) is 0 Å². The van der Waals surface area contributed by atoms with Crippen molar-refractivity contribution in [2.75, 3.05) is 18.0 Å². The van der Waals surface area contributed by atoms with Crippen molar-refractivity contribution in [2.24, 2.45) is 0 Å². The van der Waals surface area contributed by atoms with Gasteiger partial charge in [0.2, 0.25) is 11.8 Å². The fourth-order valence-corrected chi connectivity index (χ4v) is 7.41. The molecule has 1 aliphatic carbocycles. The van der Waals surface area contributed by atoms with Crippen LogP contribution in [0.1, 0.15) is 36.8 Å². The van der Waals surface area contributed by atoms with Crippen LogP contribution < -0.4 is 14.4 Å². The Morgan fingerprint density at radius 2 is 1.52 bits per heavy atom. The molecule has 10 heteroatoms. The number of anilines is 1. The van der Waals surface area contributed by atoms with E-state index in [4.69, 9.17) is 4.74 Å². The van der Waals surface area contributed by atoms with E-state index in [1.54, 1.807) is 42.5 Å². The van der Waals surface area contributed by atoms with Crippen LogP contribution in [0.3, 0.4) is 0 Å². The van der Waals surface area contributed by atoms with Gasteiger partial charge in [-0.3, -0.25) is 13.9 Å². The summed E-state index contributed by atoms with van der Waals surface area (Å²) in [6.07, 6.45) is 4.14. The number of amides is 2. The van der Waals surface area contributed by atoms with Crippen LogP contribution in [-0.2, 0) is 32.6 Å². The number of methoxy groups -OCH3 is 1. The van der Waals surface area contributed by atoms with Crippen molar-refractivity contribution in [3.8, 4) is 5.75 Å². The normalized spacial score (nSPS) is 14.0. The van der Waals surface area contributed by atoms with Crippen molar-refractivity contribution in [3.63, 3.8) is 0 Å². The highest BCUT2D eigenvalue weighted by molar-refractivity contribution is 9.10. The number of hydrogen-bond acceptors (Lipinski definition) is 5. The summed E-state index contributed by atoms with van der Waals surface area (Å²) in [5.41, 5.74) is 1.97. The van der Waals surface area contributed by atoms with Gasteiger partial charge >= 0.3 is 0 Å². The van der Waals surface area contributed by atoms with Crippen molar-refractivity contribution < 1.29 is 22.7 Å². The number of benzene rings is 4. The number of carbonyl (C=O) groups excluding carboxylic acids is 2. The monoisotopic (exact) mass is 703 g/mol. The molecular weight excluding hydrogens is 666 g/mol. The molecule has 0 bridgehead atoms. The minimum absolute atomic E-state index is 0.0437. The van der Waals surface area contributed by atoms with E-state index in [-0.39, 0.29) is 35.5 Å². The molecule has 0 aliphatic heterocycles. The fraction of sp³-hybridized carbons (Fsp3) is 0.278. The summed E-state index contributed by atoms with van der Waals surface area (Å²) >= 11 is 3.47. The van der Waals surface area contributed by atoms with Gasteiger partial charge in [0.15, 0.2) is 0 Å². The second-order valence-corrected chi connectivity index (χ2v) is 14.1. The molecule has 4 aromatic carbocycles. The molecule has 5 rings (SSSR count). The summed E-state index contributed by atoms with van der Waals surface area (Å²) in [6, 6.07) is 30.9. The molecule has 46 heavy (non-hydrogen) atoms. The van der Waals surface area contributed by atoms with Gasteiger partial charge in [-0.1, -0.05) is 95.5 Å². The summed E-state index contributed by atoms with van der Waals surface area (Å²) in [6.45, 7) is -0.415. The van der Waals surface area contributed by atoms with Crippen LogP contribution in [0.5, 0.6) is 5.75 Å². The Hall–Kier alpha value is -4.15. The van der Waals surface area contributed by atoms with Gasteiger partial charge in [-0.05, 0) is 60.4 Å². The van der Waals surface area contributed by atoms with Gasteiger partial charge in [0, 0.05) is 29.5 Å². The highest BCUT2D eigenvalue weighted by atomic mass is 79.9. The number of sulfonamides is 1. The Balaban J connectivity index is 1.56. The third-order valence-corrected chi connectivity index (χ3v) is 10.5. The number of nitrogens with zero attached hydrogens (tertiary/aromatic N) is 2. The number of halogens is 1. The average molecular weight is 705 g/mol. The molecular formula is C36H38BrN3O5S. The molecule has 240 valence electrons. The van der Waals surface area contributed by atoms with Crippen molar-refractivity contribution in [3.05, 3.63) is 125 Å². The van der Waals surface area contributed by atoms with E-state index in [1.807, 2.05) is 54.6 Å². The predicted molar refractivity (Wildman–Crippen MR) is 183 cm³/mol. The fourth-order valence-electron chi connectivity index (χ4n) is 5.72. The Morgan fingerprint density at radius 3 is 2.17 bits per heavy atom. The lowest BCUT2D eigenvalue weighted by molar-refractivity contribution is -0.140. The third kappa shape index (κ3) is 8.35. The van der Waals surface area contributed by atoms with E-state index in [9.17, 15) is 18.0 Å². The van der Waals surface area contributed by atoms with E-state index in [0.29, 0.717) is 5.75 Å². The number of nitrogens with one attached hydrogen (secondary N) is 1. The van der Waals surface area contributed by atoms with Crippen LogP contribution >= 0.6 is 15.9 Å². The molecule has 0 radical (unpaired) electrons. The predicted octanol–water partition coefficient (Wildman–Crippen LogP) is 6.35. The molecule has 0 aromatic heterocycles. The molecule has 1 N–H and O–H groups in total. The molecule has 0 saturated heterocycles. The zero-order valence-corrected chi connectivity index (χ0v) is 28.1. The van der Waals surface area contributed by atoms with Gasteiger partial charge in [-0.15, -0.1) is 0 Å². The summed E-state index contributed by atoms with van der Waals surface area (Å²) in [5, 5.41) is 3.20. The molecule has 1 saturated carbocycles. The highest BCUT2D eigenvalue weighted by Gasteiger charge is 2.35. The maximum Gasteiger partial charge on any atom is 0.264 e. The van der Waals surface area contributed by atoms with Crippen LogP contribution in [0.15, 0.2) is 119 Å². The molecule has 1 aliphatic rings. The maximum absolute atomic E-state index is 14.6. The second kappa shape index (κ2) is 15.4. The van der Waals surface area contributed by atoms with Gasteiger partial charge in [0.1, 0.15) is 18.3 Å². The van der Waals surface area contributed by atoms with E-state index < -0.39 is 28.5 Å². The first-order valence-corrected chi connectivity index (χ1v) is 17.6. The smallest absolute Gasteiger partial charge is 0.264 e. The Kier molecular flexibility index (Phi) is 11.1. The van der Waals surface area contributed by atoms with Crippen molar-refractivity contribution in [1.29, 1.82) is 0 Å². The van der Waals surface area contributed by atoms with Crippen LogP contribution in [0.4, 0.5) is 5.69 Å². The summed E-state index contributed by atoms with van der Waals surface area (Å²) in [4.78, 5) is 30.3.